The van der Waals surface area contributed by atoms with E-state index in [1.54, 1.807) is 48.3 Å². The third-order valence-corrected chi connectivity index (χ3v) is 6.10. The Labute approximate surface area is 180 Å². The fourth-order valence-corrected chi connectivity index (χ4v) is 3.97. The van der Waals surface area contributed by atoms with Gasteiger partial charge in [0.1, 0.15) is 0 Å². The van der Waals surface area contributed by atoms with Crippen molar-refractivity contribution in [2.75, 3.05) is 12.1 Å². The van der Waals surface area contributed by atoms with Crippen LogP contribution in [0.2, 0.25) is 0 Å². The number of rotatable bonds is 7. The topological polar surface area (TPSA) is 120 Å². The van der Waals surface area contributed by atoms with E-state index in [2.05, 4.69) is 25.8 Å². The van der Waals surface area contributed by atoms with E-state index >= 15 is 0 Å². The highest BCUT2D eigenvalue weighted by atomic mass is 32.2. The Bertz CT molecular complexity index is 1070. The van der Waals surface area contributed by atoms with Gasteiger partial charge in [-0.15, -0.1) is 21.5 Å². The van der Waals surface area contributed by atoms with Crippen LogP contribution in [0.25, 0.3) is 0 Å². The summed E-state index contributed by atoms with van der Waals surface area (Å²) in [7, 11) is 1.79. The first kappa shape index (κ1) is 20.2. The van der Waals surface area contributed by atoms with Crippen molar-refractivity contribution >= 4 is 40.0 Å². The highest BCUT2D eigenvalue weighted by molar-refractivity contribution is 8.00. The first-order chi connectivity index (χ1) is 14.5. The van der Waals surface area contributed by atoms with Crippen molar-refractivity contribution in [1.29, 1.82) is 0 Å². The van der Waals surface area contributed by atoms with Crippen LogP contribution in [-0.4, -0.2) is 43.6 Å². The Morgan fingerprint density at radius 3 is 2.93 bits per heavy atom. The van der Waals surface area contributed by atoms with Crippen LogP contribution < -0.4 is 20.1 Å². The second-order valence-corrected chi connectivity index (χ2v) is 8.50. The predicted octanol–water partition coefficient (Wildman–Crippen LogP) is 2.05. The minimum absolute atomic E-state index is 0.153. The van der Waals surface area contributed by atoms with E-state index in [4.69, 9.17) is 9.47 Å². The zero-order valence-corrected chi connectivity index (χ0v) is 17.7. The molecule has 2 aromatic heterocycles. The molecule has 30 heavy (non-hydrogen) atoms. The Morgan fingerprint density at radius 2 is 2.13 bits per heavy atom. The van der Waals surface area contributed by atoms with Crippen LogP contribution >= 0.6 is 23.1 Å². The zero-order valence-electron chi connectivity index (χ0n) is 16.1. The van der Waals surface area contributed by atoms with E-state index < -0.39 is 5.25 Å². The molecule has 0 unspecified atom stereocenters. The molecule has 10 nitrogen and oxygen atoms in total. The van der Waals surface area contributed by atoms with Gasteiger partial charge in [-0.3, -0.25) is 9.59 Å². The molecule has 0 bridgehead atoms. The quantitative estimate of drug-likeness (QED) is 0.529. The third-order valence-electron chi connectivity index (χ3n) is 4.28. The fraction of sp³-hybridized carbons (Fsp3) is 0.278. The van der Waals surface area contributed by atoms with Gasteiger partial charge in [0, 0.05) is 24.2 Å². The average Bonchev–Trinajstić information content (AvgIpc) is 3.48. The maximum absolute atomic E-state index is 12.4. The predicted molar refractivity (Wildman–Crippen MR) is 111 cm³/mol. The number of nitrogens with zero attached hydrogens (tertiary/aromatic N) is 4. The summed E-state index contributed by atoms with van der Waals surface area (Å²) in [5.74, 6) is 1.30. The molecule has 0 saturated heterocycles. The number of carbonyl (C=O) groups is 2. The first-order valence-corrected chi connectivity index (χ1v) is 10.7. The fourth-order valence-electron chi connectivity index (χ4n) is 2.60. The number of fused-ring (bicyclic) bond motifs is 1. The van der Waals surface area contributed by atoms with E-state index in [1.807, 2.05) is 0 Å². The van der Waals surface area contributed by atoms with Crippen LogP contribution in [0.15, 0.2) is 34.9 Å². The van der Waals surface area contributed by atoms with Gasteiger partial charge in [-0.05, 0) is 25.1 Å². The third kappa shape index (κ3) is 4.39. The van der Waals surface area contributed by atoms with E-state index in [1.165, 1.54) is 23.1 Å². The molecule has 4 rings (SSSR count). The molecule has 3 heterocycles. The molecule has 2 N–H and O–H groups in total. The lowest BCUT2D eigenvalue weighted by Gasteiger charge is -2.10. The molecule has 0 radical (unpaired) electrons. The standard InChI is InChI=1S/C18H18N6O4S2/c1-10(15(25)21-17-19-5-6-29-17)30-18-23-22-14(24(18)2)8-20-16(26)11-3-4-12-13(7-11)28-9-27-12/h3-7,10H,8-9H2,1-2H3,(H,20,26)(H,19,21,25)/t10-/m1/s1. The number of amides is 2. The van der Waals surface area contributed by atoms with Crippen LogP contribution in [-0.2, 0) is 18.4 Å². The van der Waals surface area contributed by atoms with Crippen LogP contribution in [0.1, 0.15) is 23.1 Å². The van der Waals surface area contributed by atoms with Crippen LogP contribution in [0, 0.1) is 0 Å². The van der Waals surface area contributed by atoms with Gasteiger partial charge in [0.25, 0.3) is 5.91 Å². The summed E-state index contributed by atoms with van der Waals surface area (Å²) in [6.07, 6.45) is 1.63. The Morgan fingerprint density at radius 1 is 1.30 bits per heavy atom. The maximum Gasteiger partial charge on any atom is 0.251 e. The van der Waals surface area contributed by atoms with E-state index in [0.29, 0.717) is 33.2 Å². The molecule has 1 aliphatic heterocycles. The van der Waals surface area contributed by atoms with Crippen LogP contribution in [0.5, 0.6) is 11.5 Å². The average molecular weight is 447 g/mol. The number of hydrogen-bond acceptors (Lipinski definition) is 9. The number of hydrogen-bond donors (Lipinski definition) is 2. The lowest BCUT2D eigenvalue weighted by molar-refractivity contribution is -0.115. The molecule has 1 aromatic carbocycles. The maximum atomic E-state index is 12.4. The number of ether oxygens (including phenoxy) is 2. The van der Waals surface area contributed by atoms with Gasteiger partial charge in [0.05, 0.1) is 11.8 Å². The molecule has 2 amide bonds. The highest BCUT2D eigenvalue weighted by Gasteiger charge is 2.20. The van der Waals surface area contributed by atoms with Gasteiger partial charge in [-0.1, -0.05) is 11.8 Å². The number of aromatic nitrogens is 4. The lowest BCUT2D eigenvalue weighted by Crippen LogP contribution is -2.24. The van der Waals surface area contributed by atoms with Crippen molar-refractivity contribution in [3.05, 3.63) is 41.2 Å². The first-order valence-electron chi connectivity index (χ1n) is 8.94. The monoisotopic (exact) mass is 446 g/mol. The number of benzene rings is 1. The molecule has 1 aliphatic rings. The summed E-state index contributed by atoms with van der Waals surface area (Å²) in [6, 6.07) is 5.01. The van der Waals surface area contributed by atoms with Gasteiger partial charge in [-0.25, -0.2) is 4.98 Å². The molecule has 0 fully saturated rings. The number of nitrogens with one attached hydrogen (secondary N) is 2. The number of thiazole rings is 1. The minimum Gasteiger partial charge on any atom is -0.454 e. The van der Waals surface area contributed by atoms with Gasteiger partial charge < -0.3 is 24.7 Å². The van der Waals surface area contributed by atoms with E-state index in [0.717, 1.165) is 0 Å². The summed E-state index contributed by atoms with van der Waals surface area (Å²) in [4.78, 5) is 28.8. The lowest BCUT2D eigenvalue weighted by atomic mass is 10.2. The molecular formula is C18H18N6O4S2. The summed E-state index contributed by atoms with van der Waals surface area (Å²) in [5.41, 5.74) is 0.462. The highest BCUT2D eigenvalue weighted by Crippen LogP contribution is 2.32. The van der Waals surface area contributed by atoms with Crippen LogP contribution in [0.4, 0.5) is 5.13 Å². The summed E-state index contributed by atoms with van der Waals surface area (Å²) in [6.45, 7) is 2.13. The van der Waals surface area contributed by atoms with Crippen molar-refractivity contribution in [3.8, 4) is 11.5 Å². The number of carbonyl (C=O) groups excluding carboxylic acids is 2. The molecule has 1 atom stereocenters. The van der Waals surface area contributed by atoms with Crippen LogP contribution in [0.3, 0.4) is 0 Å². The van der Waals surface area contributed by atoms with E-state index in [-0.39, 0.29) is 25.2 Å². The second kappa shape index (κ2) is 8.71. The Kier molecular flexibility index (Phi) is 5.86. The van der Waals surface area contributed by atoms with Crippen molar-refractivity contribution in [2.24, 2.45) is 7.05 Å². The van der Waals surface area contributed by atoms with Gasteiger partial charge in [0.2, 0.25) is 12.7 Å². The molecule has 0 spiro atoms. The minimum atomic E-state index is -0.395. The Balaban J connectivity index is 1.33. The van der Waals surface area contributed by atoms with Crippen molar-refractivity contribution in [3.63, 3.8) is 0 Å². The van der Waals surface area contributed by atoms with E-state index in [9.17, 15) is 9.59 Å². The summed E-state index contributed by atoms with van der Waals surface area (Å²) < 4.78 is 12.3. The summed E-state index contributed by atoms with van der Waals surface area (Å²) in [5, 5.41) is 16.3. The molecule has 0 aliphatic carbocycles. The summed E-state index contributed by atoms with van der Waals surface area (Å²) >= 11 is 2.63. The van der Waals surface area contributed by atoms with Crippen molar-refractivity contribution in [1.82, 2.24) is 25.1 Å². The largest absolute Gasteiger partial charge is 0.454 e. The molecule has 3 aromatic rings. The van der Waals surface area contributed by atoms with Gasteiger partial charge in [-0.2, -0.15) is 0 Å². The zero-order chi connectivity index (χ0) is 21.1. The molecular weight excluding hydrogens is 428 g/mol. The number of anilines is 1. The molecule has 0 saturated carbocycles. The van der Waals surface area contributed by atoms with Gasteiger partial charge >= 0.3 is 0 Å². The molecule has 12 heteroatoms. The van der Waals surface area contributed by atoms with Crippen molar-refractivity contribution < 1.29 is 19.1 Å². The smallest absolute Gasteiger partial charge is 0.251 e. The normalized spacial score (nSPS) is 13.1. The Hall–Kier alpha value is -3.12. The molecule has 156 valence electrons. The number of thioether (sulfide) groups is 1. The van der Waals surface area contributed by atoms with Crippen molar-refractivity contribution in [2.45, 2.75) is 23.9 Å². The SMILES string of the molecule is C[C@@H](Sc1nnc(CNC(=O)c2ccc3c(c2)OCO3)n1C)C(=O)Nc1nccs1. The van der Waals surface area contributed by atoms with Gasteiger partial charge in [0.15, 0.2) is 27.6 Å². The second-order valence-electron chi connectivity index (χ2n) is 6.30.